The number of halogens is 2. The van der Waals surface area contributed by atoms with E-state index < -0.39 is 24.9 Å². The summed E-state index contributed by atoms with van der Waals surface area (Å²) >= 11 is 0. The quantitative estimate of drug-likeness (QED) is 0.793. The van der Waals surface area contributed by atoms with Gasteiger partial charge in [0.1, 0.15) is 0 Å². The van der Waals surface area contributed by atoms with E-state index in [1.54, 1.807) is 7.11 Å². The molecule has 2 aliphatic heterocycles. The number of alkyl halides is 2. The summed E-state index contributed by atoms with van der Waals surface area (Å²) in [5.74, 6) is -3.11. The largest absolute Gasteiger partial charge is 0.381 e. The summed E-state index contributed by atoms with van der Waals surface area (Å²) < 4.78 is 31.6. The zero-order valence-corrected chi connectivity index (χ0v) is 13.6. The number of rotatable bonds is 5. The van der Waals surface area contributed by atoms with E-state index in [0.717, 1.165) is 25.9 Å². The van der Waals surface area contributed by atoms with Gasteiger partial charge in [0, 0.05) is 38.7 Å². The van der Waals surface area contributed by atoms with Gasteiger partial charge in [-0.2, -0.15) is 0 Å². The molecule has 2 rings (SSSR count). The van der Waals surface area contributed by atoms with Crippen LogP contribution in [0.25, 0.3) is 0 Å². The summed E-state index contributed by atoms with van der Waals surface area (Å²) in [7, 11) is 1.73. The Morgan fingerprint density at radius 2 is 2.05 bits per heavy atom. The lowest BCUT2D eigenvalue weighted by Crippen LogP contribution is -2.56. The molecule has 2 saturated heterocycles. The van der Waals surface area contributed by atoms with Crippen LogP contribution in [-0.4, -0.2) is 67.7 Å². The molecule has 2 heterocycles. The first kappa shape index (κ1) is 17.6. The molecule has 0 aromatic heterocycles. The molecular formula is C15H27F2N3O2. The molecule has 0 spiro atoms. The lowest BCUT2D eigenvalue weighted by molar-refractivity contribution is -0.124. The van der Waals surface area contributed by atoms with Crippen LogP contribution in [0.3, 0.4) is 0 Å². The van der Waals surface area contributed by atoms with Crippen molar-refractivity contribution in [3.8, 4) is 0 Å². The molecule has 22 heavy (non-hydrogen) atoms. The fourth-order valence-electron chi connectivity index (χ4n) is 3.14. The molecule has 128 valence electrons. The predicted molar refractivity (Wildman–Crippen MR) is 80.0 cm³/mol. The van der Waals surface area contributed by atoms with E-state index >= 15 is 0 Å². The fraction of sp³-hybridized carbons (Fsp3) is 0.933. The topological polar surface area (TPSA) is 53.6 Å². The molecule has 0 bridgehead atoms. The second-order valence-corrected chi connectivity index (χ2v) is 6.95. The summed E-state index contributed by atoms with van der Waals surface area (Å²) in [6.45, 7) is 6.00. The number of amides is 1. The van der Waals surface area contributed by atoms with Gasteiger partial charge in [-0.1, -0.05) is 0 Å². The number of hydrogen-bond donors (Lipinski definition) is 2. The van der Waals surface area contributed by atoms with Crippen LogP contribution >= 0.6 is 0 Å². The van der Waals surface area contributed by atoms with Gasteiger partial charge in [-0.3, -0.25) is 15.0 Å². The highest BCUT2D eigenvalue weighted by Gasteiger charge is 2.42. The summed E-state index contributed by atoms with van der Waals surface area (Å²) in [5, 5.41) is 5.40. The summed E-state index contributed by atoms with van der Waals surface area (Å²) in [5.41, 5.74) is -0.199. The summed E-state index contributed by atoms with van der Waals surface area (Å²) in [4.78, 5) is 14.3. The average Bonchev–Trinajstić information content (AvgIpc) is 2.85. The molecule has 0 aromatic rings. The third-order valence-electron chi connectivity index (χ3n) is 4.75. The molecule has 7 heteroatoms. The molecule has 2 aliphatic rings. The van der Waals surface area contributed by atoms with Crippen LogP contribution in [0.2, 0.25) is 0 Å². The maximum Gasteiger partial charge on any atom is 0.262 e. The summed E-state index contributed by atoms with van der Waals surface area (Å²) in [6.07, 6.45) is 1.85. The number of piperidine rings is 1. The lowest BCUT2D eigenvalue weighted by Gasteiger charge is -2.42. The average molecular weight is 319 g/mol. The van der Waals surface area contributed by atoms with Crippen LogP contribution in [0.1, 0.15) is 33.1 Å². The van der Waals surface area contributed by atoms with Gasteiger partial charge < -0.3 is 10.1 Å². The first-order valence-electron chi connectivity index (χ1n) is 7.90. The minimum Gasteiger partial charge on any atom is -0.381 e. The molecule has 5 nitrogen and oxygen atoms in total. The van der Waals surface area contributed by atoms with Crippen LogP contribution < -0.4 is 10.6 Å². The maximum absolute atomic E-state index is 13.1. The van der Waals surface area contributed by atoms with Crippen LogP contribution in [0.4, 0.5) is 8.78 Å². The zero-order chi connectivity index (χ0) is 16.4. The lowest BCUT2D eigenvalue weighted by atomic mass is 9.97. The van der Waals surface area contributed by atoms with Gasteiger partial charge in [0.25, 0.3) is 5.92 Å². The molecule has 0 aromatic carbocycles. The van der Waals surface area contributed by atoms with Crippen molar-refractivity contribution in [2.75, 3.05) is 33.3 Å². The van der Waals surface area contributed by atoms with Crippen molar-refractivity contribution < 1.29 is 18.3 Å². The Bertz CT molecular complexity index is 396. The fourth-order valence-corrected chi connectivity index (χ4v) is 3.14. The van der Waals surface area contributed by atoms with Crippen LogP contribution in [-0.2, 0) is 9.53 Å². The molecule has 1 amide bonds. The minimum atomic E-state index is -2.78. The number of carbonyl (C=O) groups is 1. The monoisotopic (exact) mass is 319 g/mol. The van der Waals surface area contributed by atoms with Crippen molar-refractivity contribution in [1.82, 2.24) is 15.5 Å². The van der Waals surface area contributed by atoms with Gasteiger partial charge in [0.2, 0.25) is 5.91 Å². The number of methoxy groups -OCH3 is 1. The maximum atomic E-state index is 13.1. The van der Waals surface area contributed by atoms with E-state index in [9.17, 15) is 13.6 Å². The number of likely N-dealkylation sites (tertiary alicyclic amines) is 1. The molecule has 0 radical (unpaired) electrons. The van der Waals surface area contributed by atoms with Gasteiger partial charge in [0.15, 0.2) is 0 Å². The second kappa shape index (κ2) is 6.76. The molecule has 2 N–H and O–H groups in total. The number of nitrogens with zero attached hydrogens (tertiary/aromatic N) is 1. The van der Waals surface area contributed by atoms with Gasteiger partial charge in [-0.25, -0.2) is 8.78 Å². The van der Waals surface area contributed by atoms with E-state index in [1.165, 1.54) is 0 Å². The molecular weight excluding hydrogens is 292 g/mol. The van der Waals surface area contributed by atoms with Gasteiger partial charge in [-0.05, 0) is 26.7 Å². The van der Waals surface area contributed by atoms with Crippen molar-refractivity contribution in [2.45, 2.75) is 56.7 Å². The number of hydrogen-bond acceptors (Lipinski definition) is 4. The van der Waals surface area contributed by atoms with E-state index in [4.69, 9.17) is 4.74 Å². The Labute approximate surface area is 130 Å². The van der Waals surface area contributed by atoms with Crippen molar-refractivity contribution in [3.63, 3.8) is 0 Å². The predicted octanol–water partition coefficient (Wildman–Crippen LogP) is 0.989. The number of nitrogens with one attached hydrogen (secondary N) is 2. The third-order valence-corrected chi connectivity index (χ3v) is 4.75. The van der Waals surface area contributed by atoms with Crippen molar-refractivity contribution in [1.29, 1.82) is 0 Å². The van der Waals surface area contributed by atoms with Crippen LogP contribution in [0.15, 0.2) is 0 Å². The Morgan fingerprint density at radius 3 is 2.55 bits per heavy atom. The highest BCUT2D eigenvalue weighted by atomic mass is 19.3. The molecule has 2 fully saturated rings. The number of carbonyl (C=O) groups excluding carboxylic acids is 1. The van der Waals surface area contributed by atoms with E-state index in [2.05, 4.69) is 29.4 Å². The Kier molecular flexibility index (Phi) is 5.40. The van der Waals surface area contributed by atoms with Crippen LogP contribution in [0, 0.1) is 0 Å². The smallest absolute Gasteiger partial charge is 0.262 e. The number of ether oxygens (including phenoxy) is 1. The van der Waals surface area contributed by atoms with Gasteiger partial charge in [-0.15, -0.1) is 0 Å². The first-order chi connectivity index (χ1) is 10.2. The summed E-state index contributed by atoms with van der Waals surface area (Å²) in [6, 6.07) is -0.787. The zero-order valence-electron chi connectivity index (χ0n) is 13.6. The molecule has 0 saturated carbocycles. The second-order valence-electron chi connectivity index (χ2n) is 6.95. The molecule has 1 unspecified atom stereocenters. The van der Waals surface area contributed by atoms with Gasteiger partial charge in [0.05, 0.1) is 18.7 Å². The van der Waals surface area contributed by atoms with E-state index in [1.807, 2.05) is 0 Å². The first-order valence-corrected chi connectivity index (χ1v) is 7.90. The standard InChI is InChI=1S/C15H27F2N3O2/c1-14(2,20-6-4-11(22-3)5-7-20)9-19-13(21)12-8-15(16,17)10-18-12/h11-12,18H,4-10H2,1-3H3,(H,19,21). The molecule has 1 atom stereocenters. The minimum absolute atomic E-state index is 0.199. The van der Waals surface area contributed by atoms with Crippen molar-refractivity contribution in [3.05, 3.63) is 0 Å². The Hall–Kier alpha value is -0.790. The highest BCUT2D eigenvalue weighted by Crippen LogP contribution is 2.25. The molecule has 0 aliphatic carbocycles. The highest BCUT2D eigenvalue weighted by molar-refractivity contribution is 5.82. The van der Waals surface area contributed by atoms with E-state index in [0.29, 0.717) is 12.6 Å². The van der Waals surface area contributed by atoms with Crippen LogP contribution in [0.5, 0.6) is 0 Å². The van der Waals surface area contributed by atoms with E-state index in [-0.39, 0.29) is 11.4 Å². The van der Waals surface area contributed by atoms with Gasteiger partial charge >= 0.3 is 0 Å². The normalized spacial score (nSPS) is 27.0. The van der Waals surface area contributed by atoms with Crippen molar-refractivity contribution >= 4 is 5.91 Å². The SMILES string of the molecule is COC1CCN(C(C)(C)CNC(=O)C2CC(F)(F)CN2)CC1. The third kappa shape index (κ3) is 4.36. The van der Waals surface area contributed by atoms with Crippen molar-refractivity contribution in [2.24, 2.45) is 0 Å². The Morgan fingerprint density at radius 1 is 1.41 bits per heavy atom. The Balaban J connectivity index is 1.79.